The van der Waals surface area contributed by atoms with Gasteiger partial charge in [-0.25, -0.2) is 4.79 Å². The van der Waals surface area contributed by atoms with E-state index in [0.29, 0.717) is 30.5 Å². The summed E-state index contributed by atoms with van der Waals surface area (Å²) in [7, 11) is 3.38. The van der Waals surface area contributed by atoms with Gasteiger partial charge in [-0.05, 0) is 38.5 Å². The van der Waals surface area contributed by atoms with Crippen LogP contribution in [0.5, 0.6) is 0 Å². The Morgan fingerprint density at radius 1 is 1.23 bits per heavy atom. The summed E-state index contributed by atoms with van der Waals surface area (Å²) in [5, 5.41) is 13.9. The van der Waals surface area contributed by atoms with Gasteiger partial charge in [0, 0.05) is 62.1 Å². The fourth-order valence-electron chi connectivity index (χ4n) is 3.60. The molecule has 8 heteroatoms. The molecule has 2 unspecified atom stereocenters. The molecule has 1 aliphatic rings. The predicted molar refractivity (Wildman–Crippen MR) is 118 cm³/mol. The van der Waals surface area contributed by atoms with Crippen LogP contribution in [-0.2, 0) is 13.1 Å². The first kappa shape index (κ1) is 21.8. The number of carbonyl (C=O) groups is 2. The molecule has 0 saturated carbocycles. The van der Waals surface area contributed by atoms with Crippen LogP contribution < -0.4 is 16.0 Å². The molecule has 3 amide bonds. The first-order valence-corrected chi connectivity index (χ1v) is 10.4. The predicted octanol–water partition coefficient (Wildman–Crippen LogP) is 3.08. The van der Waals surface area contributed by atoms with Crippen LogP contribution in [0.15, 0.2) is 24.3 Å². The second-order valence-corrected chi connectivity index (χ2v) is 8.41. The Balaban J connectivity index is 1.71. The van der Waals surface area contributed by atoms with Gasteiger partial charge in [0.15, 0.2) is 5.69 Å². The molecule has 2 atom stereocenters. The lowest BCUT2D eigenvalue weighted by Gasteiger charge is -2.29. The van der Waals surface area contributed by atoms with Gasteiger partial charge < -0.3 is 20.9 Å². The summed E-state index contributed by atoms with van der Waals surface area (Å²) in [6.45, 7) is 9.56. The van der Waals surface area contributed by atoms with Crippen molar-refractivity contribution in [3.05, 3.63) is 46.8 Å². The van der Waals surface area contributed by atoms with E-state index >= 15 is 0 Å². The minimum Gasteiger partial charge on any atom is -0.347 e. The van der Waals surface area contributed by atoms with Crippen LogP contribution in [0.4, 0.5) is 10.5 Å². The van der Waals surface area contributed by atoms with Crippen molar-refractivity contribution in [1.29, 1.82) is 0 Å². The van der Waals surface area contributed by atoms with Crippen LogP contribution in [0.3, 0.4) is 0 Å². The number of carbonyl (C=O) groups excluding carboxylic acids is 2. The maximum atomic E-state index is 12.9. The maximum Gasteiger partial charge on any atom is 0.321 e. The van der Waals surface area contributed by atoms with Crippen molar-refractivity contribution in [1.82, 2.24) is 25.3 Å². The smallest absolute Gasteiger partial charge is 0.321 e. The molecule has 2 heterocycles. The molecule has 3 rings (SSSR count). The van der Waals surface area contributed by atoms with Crippen molar-refractivity contribution in [2.75, 3.05) is 19.4 Å². The van der Waals surface area contributed by atoms with E-state index in [-0.39, 0.29) is 23.9 Å². The normalized spacial score (nSPS) is 18.1. The molecule has 0 radical (unpaired) electrons. The van der Waals surface area contributed by atoms with E-state index in [2.05, 4.69) is 48.7 Å². The number of nitrogens with one attached hydrogen (secondary N) is 3. The van der Waals surface area contributed by atoms with Crippen molar-refractivity contribution < 1.29 is 9.59 Å². The summed E-state index contributed by atoms with van der Waals surface area (Å²) in [5.41, 5.74) is 4.31. The first-order chi connectivity index (χ1) is 14.2. The lowest BCUT2D eigenvalue weighted by atomic mass is 9.91. The summed E-state index contributed by atoms with van der Waals surface area (Å²) in [6.07, 6.45) is 0. The Kier molecular flexibility index (Phi) is 6.45. The quantitative estimate of drug-likeness (QED) is 0.704. The largest absolute Gasteiger partial charge is 0.347 e. The maximum absolute atomic E-state index is 12.9. The molecule has 3 N–H and O–H groups in total. The topological polar surface area (TPSA) is 91.3 Å². The lowest BCUT2D eigenvalue weighted by molar-refractivity contribution is 0.0943. The van der Waals surface area contributed by atoms with E-state index in [1.807, 2.05) is 28.9 Å². The molecular formula is C22H32N6O2. The van der Waals surface area contributed by atoms with Crippen molar-refractivity contribution in [3.8, 4) is 0 Å². The van der Waals surface area contributed by atoms with Gasteiger partial charge in [-0.15, -0.1) is 0 Å². The highest BCUT2D eigenvalue weighted by atomic mass is 16.2. The summed E-state index contributed by atoms with van der Waals surface area (Å²) < 4.78 is 1.99. The number of hydrogen-bond acceptors (Lipinski definition) is 4. The van der Waals surface area contributed by atoms with Crippen LogP contribution in [-0.4, -0.2) is 46.8 Å². The van der Waals surface area contributed by atoms with Gasteiger partial charge in [-0.2, -0.15) is 5.10 Å². The highest BCUT2D eigenvalue weighted by molar-refractivity contribution is 5.94. The Labute approximate surface area is 178 Å². The Morgan fingerprint density at radius 2 is 1.90 bits per heavy atom. The monoisotopic (exact) mass is 412 g/mol. The molecule has 0 fully saturated rings. The van der Waals surface area contributed by atoms with E-state index in [9.17, 15) is 9.59 Å². The number of aromatic nitrogens is 2. The van der Waals surface area contributed by atoms with Crippen molar-refractivity contribution in [3.63, 3.8) is 0 Å². The van der Waals surface area contributed by atoms with E-state index in [4.69, 9.17) is 0 Å². The molecule has 8 nitrogen and oxygen atoms in total. The van der Waals surface area contributed by atoms with Crippen LogP contribution in [0.25, 0.3) is 0 Å². The summed E-state index contributed by atoms with van der Waals surface area (Å²) in [5.74, 6) is 0.120. The third-order valence-electron chi connectivity index (χ3n) is 5.60. The van der Waals surface area contributed by atoms with E-state index in [0.717, 1.165) is 16.8 Å². The fourth-order valence-corrected chi connectivity index (χ4v) is 3.60. The summed E-state index contributed by atoms with van der Waals surface area (Å²) in [4.78, 5) is 26.1. The minimum absolute atomic E-state index is 0.167. The van der Waals surface area contributed by atoms with Crippen LogP contribution in [0, 0.1) is 0 Å². The van der Waals surface area contributed by atoms with Gasteiger partial charge in [-0.3, -0.25) is 9.48 Å². The Morgan fingerprint density at radius 3 is 2.50 bits per heavy atom. The fraction of sp³-hybridized carbons (Fsp3) is 0.500. The van der Waals surface area contributed by atoms with E-state index in [1.54, 1.807) is 14.1 Å². The molecule has 0 aliphatic carbocycles. The van der Waals surface area contributed by atoms with Crippen LogP contribution in [0.2, 0.25) is 0 Å². The molecule has 2 aromatic rings. The van der Waals surface area contributed by atoms with Crippen LogP contribution >= 0.6 is 0 Å². The Hall–Kier alpha value is -2.87. The highest BCUT2D eigenvalue weighted by Crippen LogP contribution is 2.31. The molecule has 0 bridgehead atoms. The van der Waals surface area contributed by atoms with Crippen LogP contribution in [0.1, 0.15) is 67.0 Å². The standard InChI is InChI=1S/C22H32N6O2/c1-13(2)28-20-14(3)15(4)23-12-18(20)19(26-28)21(29)24-11-16-7-9-17(10-8-16)25-22(30)27(5)6/h7-10,13-15,23H,11-12H2,1-6H3,(H,24,29)(H,25,30). The number of benzene rings is 1. The summed E-state index contributed by atoms with van der Waals surface area (Å²) in [6, 6.07) is 7.78. The first-order valence-electron chi connectivity index (χ1n) is 10.4. The number of nitrogens with zero attached hydrogens (tertiary/aromatic N) is 3. The van der Waals surface area contributed by atoms with Gasteiger partial charge in [0.25, 0.3) is 5.91 Å². The number of anilines is 1. The number of fused-ring (bicyclic) bond motifs is 1. The average molecular weight is 413 g/mol. The zero-order valence-electron chi connectivity index (χ0n) is 18.6. The van der Waals surface area contributed by atoms with Gasteiger partial charge in [0.2, 0.25) is 0 Å². The lowest BCUT2D eigenvalue weighted by Crippen LogP contribution is -2.37. The number of amides is 3. The molecule has 162 valence electrons. The Bertz CT molecular complexity index is 916. The molecule has 1 aliphatic heterocycles. The van der Waals surface area contributed by atoms with Gasteiger partial charge in [0.1, 0.15) is 0 Å². The average Bonchev–Trinajstić information content (AvgIpc) is 3.10. The second kappa shape index (κ2) is 8.87. The zero-order chi connectivity index (χ0) is 22.0. The summed E-state index contributed by atoms with van der Waals surface area (Å²) >= 11 is 0. The SMILES string of the molecule is CC1NCc2c(C(=O)NCc3ccc(NC(=O)N(C)C)cc3)nn(C(C)C)c2C1C. The minimum atomic E-state index is -0.182. The molecule has 0 saturated heterocycles. The van der Waals surface area contributed by atoms with Gasteiger partial charge in [0.05, 0.1) is 0 Å². The molecule has 1 aromatic heterocycles. The number of urea groups is 1. The molecule has 0 spiro atoms. The zero-order valence-corrected chi connectivity index (χ0v) is 18.6. The number of rotatable bonds is 5. The third kappa shape index (κ3) is 4.48. The van der Waals surface area contributed by atoms with Crippen molar-refractivity contribution in [2.24, 2.45) is 0 Å². The van der Waals surface area contributed by atoms with Crippen molar-refractivity contribution in [2.45, 2.75) is 58.8 Å². The number of hydrogen-bond donors (Lipinski definition) is 3. The molecular weight excluding hydrogens is 380 g/mol. The third-order valence-corrected chi connectivity index (χ3v) is 5.60. The van der Waals surface area contributed by atoms with Crippen molar-refractivity contribution >= 4 is 17.6 Å². The van der Waals surface area contributed by atoms with Gasteiger partial charge >= 0.3 is 6.03 Å². The molecule has 1 aromatic carbocycles. The molecule has 30 heavy (non-hydrogen) atoms. The van der Waals surface area contributed by atoms with E-state index in [1.165, 1.54) is 4.90 Å². The van der Waals surface area contributed by atoms with Gasteiger partial charge in [-0.1, -0.05) is 19.1 Å². The second-order valence-electron chi connectivity index (χ2n) is 8.41. The van der Waals surface area contributed by atoms with E-state index < -0.39 is 0 Å². The highest BCUT2D eigenvalue weighted by Gasteiger charge is 2.32.